The summed E-state index contributed by atoms with van der Waals surface area (Å²) in [5.41, 5.74) is 12.7. The van der Waals surface area contributed by atoms with Gasteiger partial charge in [-0.25, -0.2) is 4.98 Å². The molecule has 0 atom stereocenters. The average Bonchev–Trinajstić information content (AvgIpc) is 3.09. The molecule has 0 amide bonds. The second-order valence-corrected chi connectivity index (χ2v) is 7.24. The van der Waals surface area contributed by atoms with Crippen LogP contribution in [-0.4, -0.2) is 9.97 Å². The molecule has 4 N–H and O–H groups in total. The van der Waals surface area contributed by atoms with E-state index in [9.17, 15) is 4.79 Å². The number of nitrogens with one attached hydrogen (secondary N) is 2. The molecule has 0 aliphatic rings. The maximum absolute atomic E-state index is 12.3. The van der Waals surface area contributed by atoms with Crippen LogP contribution in [0.25, 0.3) is 22.5 Å². The number of nitrogens with two attached hydrogens (primary N) is 1. The zero-order chi connectivity index (χ0) is 20.5. The lowest BCUT2D eigenvalue weighted by Crippen LogP contribution is -2.09. The molecule has 0 saturated carbocycles. The van der Waals surface area contributed by atoms with Crippen LogP contribution in [0.15, 0.2) is 64.1 Å². The summed E-state index contributed by atoms with van der Waals surface area (Å²) in [4.78, 5) is 19.4. The van der Waals surface area contributed by atoms with E-state index in [0.717, 1.165) is 33.5 Å². The number of nitrogens with zero attached hydrogens (tertiary/aromatic N) is 1. The zero-order valence-corrected chi connectivity index (χ0v) is 16.5. The summed E-state index contributed by atoms with van der Waals surface area (Å²) in [5, 5.41) is 3.19. The molecule has 0 spiro atoms. The fraction of sp³-hybridized carbons (Fsp3) is 0.130. The number of benzene rings is 2. The molecule has 0 fully saturated rings. The number of oxazole rings is 1. The zero-order valence-electron chi connectivity index (χ0n) is 16.5. The van der Waals surface area contributed by atoms with E-state index < -0.39 is 0 Å². The number of pyridine rings is 1. The number of hydrogen-bond donors (Lipinski definition) is 3. The molecular formula is C23H22N4O2. The Bertz CT molecular complexity index is 1230. The van der Waals surface area contributed by atoms with E-state index in [-0.39, 0.29) is 5.56 Å². The van der Waals surface area contributed by atoms with Crippen LogP contribution in [0.1, 0.15) is 16.7 Å². The van der Waals surface area contributed by atoms with Crippen LogP contribution < -0.4 is 16.6 Å². The van der Waals surface area contributed by atoms with Gasteiger partial charge in [-0.1, -0.05) is 6.07 Å². The molecule has 6 heteroatoms. The first kappa shape index (κ1) is 18.6. The summed E-state index contributed by atoms with van der Waals surface area (Å²) < 4.78 is 5.90. The van der Waals surface area contributed by atoms with E-state index in [1.807, 2.05) is 45.0 Å². The number of H-pyrrole nitrogens is 1. The Balaban J connectivity index is 1.69. The van der Waals surface area contributed by atoms with E-state index >= 15 is 0 Å². The van der Waals surface area contributed by atoms with Gasteiger partial charge in [0.1, 0.15) is 0 Å². The normalized spacial score (nSPS) is 10.9. The summed E-state index contributed by atoms with van der Waals surface area (Å²) in [6.07, 6.45) is 3.28. The molecule has 4 rings (SSSR count). The van der Waals surface area contributed by atoms with Crippen molar-refractivity contribution in [2.24, 2.45) is 0 Å². The SMILES string of the molecule is Cc1cc(C)cc(Nc2ncc(-c3cc(N)cc(-c4c(C)cc[nH]c4=O)c3)o2)c1. The number of hydrogen-bond acceptors (Lipinski definition) is 5. The van der Waals surface area contributed by atoms with Gasteiger partial charge in [-0.3, -0.25) is 4.79 Å². The summed E-state index contributed by atoms with van der Waals surface area (Å²) in [6, 6.07) is 13.9. The number of aryl methyl sites for hydroxylation is 3. The van der Waals surface area contributed by atoms with E-state index in [0.29, 0.717) is 23.0 Å². The largest absolute Gasteiger partial charge is 0.423 e. The molecule has 0 aliphatic heterocycles. The van der Waals surface area contributed by atoms with Crippen LogP contribution in [0.4, 0.5) is 17.4 Å². The molecule has 0 radical (unpaired) electrons. The van der Waals surface area contributed by atoms with Gasteiger partial charge in [0.2, 0.25) is 0 Å². The van der Waals surface area contributed by atoms with Gasteiger partial charge in [-0.15, -0.1) is 0 Å². The highest BCUT2D eigenvalue weighted by Gasteiger charge is 2.13. The molecule has 2 aromatic heterocycles. The van der Waals surface area contributed by atoms with Crippen molar-refractivity contribution in [3.63, 3.8) is 0 Å². The van der Waals surface area contributed by atoms with Crippen LogP contribution in [-0.2, 0) is 0 Å². The minimum Gasteiger partial charge on any atom is -0.423 e. The highest BCUT2D eigenvalue weighted by molar-refractivity contribution is 5.76. The van der Waals surface area contributed by atoms with Crippen molar-refractivity contribution in [2.45, 2.75) is 20.8 Å². The van der Waals surface area contributed by atoms with Gasteiger partial charge in [0.15, 0.2) is 5.76 Å². The van der Waals surface area contributed by atoms with Crippen molar-refractivity contribution in [1.82, 2.24) is 9.97 Å². The third kappa shape index (κ3) is 3.91. The van der Waals surface area contributed by atoms with Gasteiger partial charge in [0.25, 0.3) is 11.6 Å². The minimum atomic E-state index is -0.156. The van der Waals surface area contributed by atoms with Gasteiger partial charge >= 0.3 is 0 Å². The summed E-state index contributed by atoms with van der Waals surface area (Å²) in [5.74, 6) is 0.565. The molecule has 0 bridgehead atoms. The van der Waals surface area contributed by atoms with Gasteiger partial charge in [-0.2, -0.15) is 0 Å². The fourth-order valence-corrected chi connectivity index (χ4v) is 3.51. The molecule has 2 heterocycles. The molecule has 0 unspecified atom stereocenters. The molecule has 29 heavy (non-hydrogen) atoms. The maximum Gasteiger partial charge on any atom is 0.299 e. The summed E-state index contributed by atoms with van der Waals surface area (Å²) >= 11 is 0. The standard InChI is InChI=1S/C23H22N4O2/c1-13-6-14(2)8-19(7-13)27-23-26-12-20(29-23)16-9-17(11-18(24)10-16)21-15(3)4-5-25-22(21)28/h4-12H,24H2,1-3H3,(H,25,28)(H,26,27). The number of aromatic amines is 1. The third-order valence-corrected chi connectivity index (χ3v) is 4.68. The van der Waals surface area contributed by atoms with Gasteiger partial charge in [0, 0.05) is 28.7 Å². The third-order valence-electron chi connectivity index (χ3n) is 4.68. The van der Waals surface area contributed by atoms with Crippen molar-refractivity contribution in [1.29, 1.82) is 0 Å². The van der Waals surface area contributed by atoms with Crippen molar-refractivity contribution in [2.75, 3.05) is 11.1 Å². The Morgan fingerprint density at radius 2 is 1.72 bits per heavy atom. The fourth-order valence-electron chi connectivity index (χ4n) is 3.51. The van der Waals surface area contributed by atoms with Crippen LogP contribution in [0, 0.1) is 20.8 Å². The Morgan fingerprint density at radius 1 is 1.00 bits per heavy atom. The van der Waals surface area contributed by atoms with Gasteiger partial charge in [-0.05, 0) is 79.4 Å². The maximum atomic E-state index is 12.3. The monoisotopic (exact) mass is 386 g/mol. The van der Waals surface area contributed by atoms with Crippen LogP contribution >= 0.6 is 0 Å². The molecule has 6 nitrogen and oxygen atoms in total. The first-order chi connectivity index (χ1) is 13.9. The Labute approximate surface area is 168 Å². The van der Waals surface area contributed by atoms with Crippen LogP contribution in [0.2, 0.25) is 0 Å². The lowest BCUT2D eigenvalue weighted by atomic mass is 9.99. The molecule has 4 aromatic rings. The molecule has 2 aromatic carbocycles. The molecular weight excluding hydrogens is 364 g/mol. The highest BCUT2D eigenvalue weighted by atomic mass is 16.4. The highest BCUT2D eigenvalue weighted by Crippen LogP contribution is 2.31. The van der Waals surface area contributed by atoms with E-state index in [1.165, 1.54) is 0 Å². The summed E-state index contributed by atoms with van der Waals surface area (Å²) in [6.45, 7) is 5.98. The predicted molar refractivity (Wildman–Crippen MR) is 116 cm³/mol. The Hall–Kier alpha value is -3.80. The van der Waals surface area contributed by atoms with E-state index in [2.05, 4.69) is 21.4 Å². The van der Waals surface area contributed by atoms with Crippen molar-refractivity contribution >= 4 is 17.4 Å². The molecule has 146 valence electrons. The predicted octanol–water partition coefficient (Wildman–Crippen LogP) is 4.95. The van der Waals surface area contributed by atoms with Crippen molar-refractivity contribution < 1.29 is 4.42 Å². The minimum absolute atomic E-state index is 0.156. The van der Waals surface area contributed by atoms with Gasteiger partial charge < -0.3 is 20.5 Å². The molecule has 0 saturated heterocycles. The van der Waals surface area contributed by atoms with Crippen molar-refractivity contribution in [3.8, 4) is 22.5 Å². The average molecular weight is 386 g/mol. The summed E-state index contributed by atoms with van der Waals surface area (Å²) in [7, 11) is 0. The quantitative estimate of drug-likeness (QED) is 0.431. The smallest absolute Gasteiger partial charge is 0.299 e. The number of anilines is 3. The Morgan fingerprint density at radius 3 is 2.45 bits per heavy atom. The van der Waals surface area contributed by atoms with E-state index in [4.69, 9.17) is 10.2 Å². The van der Waals surface area contributed by atoms with Crippen LogP contribution in [0.3, 0.4) is 0 Å². The van der Waals surface area contributed by atoms with Crippen LogP contribution in [0.5, 0.6) is 0 Å². The lowest BCUT2D eigenvalue weighted by molar-refractivity contribution is 0.592. The first-order valence-corrected chi connectivity index (χ1v) is 9.30. The molecule has 0 aliphatic carbocycles. The van der Waals surface area contributed by atoms with Gasteiger partial charge in [0.05, 0.1) is 6.20 Å². The number of nitrogen functional groups attached to an aromatic ring is 1. The second-order valence-electron chi connectivity index (χ2n) is 7.24. The van der Waals surface area contributed by atoms with E-state index in [1.54, 1.807) is 24.5 Å². The number of rotatable bonds is 4. The lowest BCUT2D eigenvalue weighted by Gasteiger charge is -2.08. The van der Waals surface area contributed by atoms with Crippen molar-refractivity contribution in [3.05, 3.63) is 81.9 Å². The topological polar surface area (TPSA) is 96.9 Å². The second kappa shape index (κ2) is 7.31. The first-order valence-electron chi connectivity index (χ1n) is 9.30. The number of aromatic nitrogens is 2. The Kier molecular flexibility index (Phi) is 4.68.